The number of sulfone groups is 1. The molecule has 1 aliphatic carbocycles. The Bertz CT molecular complexity index is 3360. The van der Waals surface area contributed by atoms with Gasteiger partial charge in [-0.2, -0.15) is 13.2 Å². The lowest BCUT2D eigenvalue weighted by molar-refractivity contribution is -0.134. The lowest BCUT2D eigenvalue weighted by Crippen LogP contribution is -2.47. The number of hydrogen-bond donors (Lipinski definition) is 3. The van der Waals surface area contributed by atoms with Crippen molar-refractivity contribution in [2.45, 2.75) is 91.1 Å². The van der Waals surface area contributed by atoms with E-state index in [2.05, 4.69) is 56.3 Å². The number of nitrogens with zero attached hydrogens (tertiary/aromatic N) is 5. The Kier molecular flexibility index (Phi) is 18.7. The van der Waals surface area contributed by atoms with Crippen LogP contribution in [0.15, 0.2) is 130 Å². The Morgan fingerprint density at radius 3 is 2.19 bits per heavy atom. The van der Waals surface area contributed by atoms with Crippen molar-refractivity contribution in [1.29, 1.82) is 0 Å². The molecule has 9 rings (SSSR count). The second-order valence-corrected chi connectivity index (χ2v) is 26.9. The maximum absolute atomic E-state index is 15.3. The van der Waals surface area contributed by atoms with Crippen LogP contribution < -0.4 is 20.3 Å². The summed E-state index contributed by atoms with van der Waals surface area (Å²) in [4.78, 5) is 49.8. The van der Waals surface area contributed by atoms with Crippen LogP contribution in [-0.2, 0) is 36.0 Å². The highest BCUT2D eigenvalue weighted by molar-refractivity contribution is 7.99. The van der Waals surface area contributed by atoms with Crippen molar-refractivity contribution >= 4 is 77.9 Å². The predicted octanol–water partition coefficient (Wildman–Crippen LogP) is 9.37. The molecule has 3 amide bonds. The third kappa shape index (κ3) is 14.9. The molecule has 1 unspecified atom stereocenters. The zero-order valence-electron chi connectivity index (χ0n) is 45.0. The van der Waals surface area contributed by atoms with Crippen molar-refractivity contribution in [1.82, 2.24) is 29.7 Å². The Hall–Kier alpha value is -5.88. The first-order valence-electron chi connectivity index (χ1n) is 26.9. The van der Waals surface area contributed by atoms with Gasteiger partial charge in [0, 0.05) is 123 Å². The summed E-state index contributed by atoms with van der Waals surface area (Å²) >= 11 is 7.60. The molecule has 3 aliphatic heterocycles. The molecule has 2 atom stereocenters. The maximum Gasteiger partial charge on any atom is 0.501 e. The van der Waals surface area contributed by atoms with Crippen LogP contribution in [0.2, 0.25) is 5.02 Å². The number of piperidine rings is 1. The van der Waals surface area contributed by atoms with Crippen molar-refractivity contribution in [2.24, 2.45) is 5.41 Å². The zero-order valence-corrected chi connectivity index (χ0v) is 48.2. The summed E-state index contributed by atoms with van der Waals surface area (Å²) in [7, 11) is -11.1. The van der Waals surface area contributed by atoms with Crippen LogP contribution in [0.25, 0.3) is 5.57 Å². The number of halogens is 5. The van der Waals surface area contributed by atoms with Gasteiger partial charge in [-0.25, -0.2) is 25.9 Å². The van der Waals surface area contributed by atoms with Gasteiger partial charge in [-0.1, -0.05) is 61.4 Å². The predicted molar refractivity (Wildman–Crippen MR) is 306 cm³/mol. The molecule has 1 aromatic heterocycles. The molecule has 4 aromatic carbocycles. The van der Waals surface area contributed by atoms with Crippen molar-refractivity contribution < 1.29 is 48.8 Å². The van der Waals surface area contributed by atoms with E-state index in [-0.39, 0.29) is 47.4 Å². The maximum atomic E-state index is 15.3. The minimum atomic E-state index is -6.16. The monoisotopic (exact) mass is 1190 g/mol. The number of sulfonamides is 1. The van der Waals surface area contributed by atoms with Crippen LogP contribution in [0.5, 0.6) is 0 Å². The normalized spacial score (nSPS) is 19.3. The number of thioether (sulfide) groups is 1. The van der Waals surface area contributed by atoms with Gasteiger partial charge >= 0.3 is 5.51 Å². The zero-order chi connectivity index (χ0) is 57.7. The summed E-state index contributed by atoms with van der Waals surface area (Å²) in [5, 5.41) is 6.01. The quantitative estimate of drug-likeness (QED) is 0.0404. The topological polar surface area (TPSA) is 181 Å². The summed E-state index contributed by atoms with van der Waals surface area (Å²) in [5.74, 6) is -2.99. The van der Waals surface area contributed by atoms with E-state index in [1.807, 2.05) is 52.1 Å². The molecule has 0 radical (unpaired) electrons. The number of carbonyl (C=O) groups excluding carboxylic acids is 3. The summed E-state index contributed by atoms with van der Waals surface area (Å²) in [6.45, 7) is 11.1. The van der Waals surface area contributed by atoms with E-state index < -0.39 is 76.3 Å². The van der Waals surface area contributed by atoms with Gasteiger partial charge in [0.25, 0.3) is 25.8 Å². The minimum absolute atomic E-state index is 0.0366. The number of carbonyl (C=O) groups is 3. The van der Waals surface area contributed by atoms with E-state index >= 15 is 4.39 Å². The summed E-state index contributed by atoms with van der Waals surface area (Å²) in [6.07, 6.45) is 5.04. The number of hydrogen-bond acceptors (Lipinski definition) is 14. The molecule has 4 aliphatic rings. The molecule has 3 fully saturated rings. The highest BCUT2D eigenvalue weighted by atomic mass is 35.5. The Morgan fingerprint density at radius 1 is 0.840 bits per heavy atom. The molecule has 0 spiro atoms. The van der Waals surface area contributed by atoms with Gasteiger partial charge in [0.05, 0.1) is 22.2 Å². The van der Waals surface area contributed by atoms with Crippen LogP contribution in [0.3, 0.4) is 0 Å². The van der Waals surface area contributed by atoms with Crippen LogP contribution in [0.4, 0.5) is 28.9 Å². The molecular weight excluding hydrogens is 1130 g/mol. The lowest BCUT2D eigenvalue weighted by atomic mass is 9.73. The third-order valence-electron chi connectivity index (χ3n) is 15.5. The van der Waals surface area contributed by atoms with Crippen molar-refractivity contribution in [3.63, 3.8) is 0 Å². The average molecular weight is 1190 g/mol. The molecule has 0 bridgehead atoms. The van der Waals surface area contributed by atoms with Crippen molar-refractivity contribution in [3.05, 3.63) is 148 Å². The SMILES string of the molecule is CC1(C)CCC(c2ccc(Cl)cc2)=C(CN2CCN(c3ccc(C(=O)NS(=O)(=O)c4ccc(N[C@H](CCN5CCN(Cc6c(F)ccnc6C6CCC(=O)NC6=O)CC5)CSc5ccccc5)c(S(=O)(=O)C(F)(F)F)c4)cc3)CC2)C1. The van der Waals surface area contributed by atoms with Gasteiger partial charge in [0.1, 0.15) is 10.7 Å². The molecule has 15 nitrogen and oxygen atoms in total. The first-order valence-corrected chi connectivity index (χ1v) is 31.3. The van der Waals surface area contributed by atoms with Gasteiger partial charge < -0.3 is 15.1 Å². The Balaban J connectivity index is 0.843. The molecule has 432 valence electrons. The number of nitrogens with one attached hydrogen (secondary N) is 3. The number of rotatable bonds is 19. The van der Waals surface area contributed by atoms with Crippen LogP contribution in [0.1, 0.15) is 85.5 Å². The number of allylic oxidation sites excluding steroid dienone is 1. The summed E-state index contributed by atoms with van der Waals surface area (Å²) in [5.41, 5.74) is -0.735. The molecule has 4 heterocycles. The van der Waals surface area contributed by atoms with Gasteiger partial charge in [0.15, 0.2) is 0 Å². The van der Waals surface area contributed by atoms with E-state index in [0.717, 1.165) is 61.6 Å². The largest absolute Gasteiger partial charge is 0.501 e. The molecule has 3 saturated heterocycles. The highest BCUT2D eigenvalue weighted by Crippen LogP contribution is 2.43. The number of anilines is 2. The fourth-order valence-corrected chi connectivity index (χ4v) is 14.1. The van der Waals surface area contributed by atoms with Crippen molar-refractivity contribution in [3.8, 4) is 0 Å². The molecule has 81 heavy (non-hydrogen) atoms. The summed E-state index contributed by atoms with van der Waals surface area (Å²) < 4.78 is 115. The van der Waals surface area contributed by atoms with Gasteiger partial charge in [-0.15, -0.1) is 11.8 Å². The third-order valence-corrected chi connectivity index (χ3v) is 19.8. The van der Waals surface area contributed by atoms with Gasteiger partial charge in [0.2, 0.25) is 11.8 Å². The fourth-order valence-electron chi connectivity index (χ4n) is 11.0. The minimum Gasteiger partial charge on any atom is -0.380 e. The van der Waals surface area contributed by atoms with Crippen LogP contribution >= 0.6 is 23.4 Å². The second-order valence-electron chi connectivity index (χ2n) is 21.8. The molecular formula is C58H65ClF4N8O7S3. The average Bonchev–Trinajstić information content (AvgIpc) is 3.43. The van der Waals surface area contributed by atoms with Crippen LogP contribution in [-0.4, -0.2) is 137 Å². The van der Waals surface area contributed by atoms with Gasteiger partial charge in [-0.05, 0) is 121 Å². The van der Waals surface area contributed by atoms with E-state index in [4.69, 9.17) is 11.6 Å². The number of amides is 3. The first-order chi connectivity index (χ1) is 38.5. The summed E-state index contributed by atoms with van der Waals surface area (Å²) in [6, 6.07) is 26.5. The van der Waals surface area contributed by atoms with E-state index in [0.29, 0.717) is 63.3 Å². The Labute approximate surface area is 479 Å². The highest BCUT2D eigenvalue weighted by Gasteiger charge is 2.49. The fraction of sp³-hybridized carbons (Fsp3) is 0.414. The molecule has 5 aromatic rings. The Morgan fingerprint density at radius 2 is 1.51 bits per heavy atom. The number of benzene rings is 4. The smallest absolute Gasteiger partial charge is 0.380 e. The molecule has 23 heteroatoms. The lowest BCUT2D eigenvalue weighted by Gasteiger charge is -2.39. The van der Waals surface area contributed by atoms with E-state index in [1.165, 1.54) is 52.9 Å². The van der Waals surface area contributed by atoms with E-state index in [1.54, 1.807) is 12.1 Å². The number of aromatic nitrogens is 1. The van der Waals surface area contributed by atoms with E-state index in [9.17, 15) is 44.4 Å². The standard InChI is InChI=1S/C58H65ClF4N8O7S3/c1-57(2)23-20-47(39-8-12-42(59)13-9-39)41(35-57)36-69-30-32-71(33-31-69)44-14-10-40(11-15-44)55(73)67-81(77,78)46-16-18-51(52(34-46)80(75,76)58(61,62)63)65-43(38-79-45-6-4-3-5-7-45)22-25-68-26-28-70(29-27-68)37-49-50(60)21-24-64-54(49)48-17-19-53(72)66-56(48)74/h3-16,18,21,24,34,43,48,65H,17,19-20,22-23,25-33,35-38H2,1-2H3,(H,67,73)(H,66,72,74)/t43-,48?/m1/s1. The second kappa shape index (κ2) is 25.3. The molecule has 3 N–H and O–H groups in total. The number of imide groups is 1. The number of alkyl halides is 3. The number of piperazine rings is 2. The van der Waals surface area contributed by atoms with Crippen LogP contribution in [0, 0.1) is 11.2 Å². The van der Waals surface area contributed by atoms with Crippen molar-refractivity contribution in [2.75, 3.05) is 81.4 Å². The number of pyridine rings is 1. The van der Waals surface area contributed by atoms with Gasteiger partial charge in [-0.3, -0.25) is 34.5 Å². The first kappa shape index (κ1) is 59.7. The molecule has 0 saturated carbocycles.